The Bertz CT molecular complexity index is 637. The molecule has 5 nitrogen and oxygen atoms in total. The van der Waals surface area contributed by atoms with Crippen molar-refractivity contribution in [2.24, 2.45) is 5.92 Å². The lowest BCUT2D eigenvalue weighted by atomic mass is 9.96. The van der Waals surface area contributed by atoms with Crippen LogP contribution in [-0.2, 0) is 14.8 Å². The standard InChI is InChI=1S/C15H23ClN2O3S2/c1-3-4-9-17(2)15(19)12-7-10-18(11-8-12)23(20,21)14-6-5-13(16)22-14/h5-6,12H,3-4,7-11H2,1-2H3. The first-order valence-electron chi connectivity index (χ1n) is 7.86. The van der Waals surface area contributed by atoms with Gasteiger partial charge in [-0.1, -0.05) is 24.9 Å². The third-order valence-electron chi connectivity index (χ3n) is 4.17. The summed E-state index contributed by atoms with van der Waals surface area (Å²) < 4.78 is 27.3. The van der Waals surface area contributed by atoms with Crippen LogP contribution < -0.4 is 0 Å². The average Bonchev–Trinajstić information content (AvgIpc) is 2.99. The lowest BCUT2D eigenvalue weighted by Crippen LogP contribution is -2.43. The monoisotopic (exact) mass is 378 g/mol. The van der Waals surface area contributed by atoms with Gasteiger partial charge in [0, 0.05) is 32.6 Å². The highest BCUT2D eigenvalue weighted by Gasteiger charge is 2.33. The predicted octanol–water partition coefficient (Wildman–Crippen LogP) is 3.06. The molecule has 1 aromatic heterocycles. The van der Waals surface area contributed by atoms with Gasteiger partial charge < -0.3 is 4.90 Å². The minimum atomic E-state index is -3.48. The van der Waals surface area contributed by atoms with Gasteiger partial charge >= 0.3 is 0 Å². The molecule has 1 amide bonds. The minimum absolute atomic E-state index is 0.0739. The fourth-order valence-electron chi connectivity index (χ4n) is 2.72. The highest BCUT2D eigenvalue weighted by atomic mass is 35.5. The fraction of sp³-hybridized carbons (Fsp3) is 0.667. The number of hydrogen-bond acceptors (Lipinski definition) is 4. The van der Waals surface area contributed by atoms with Crippen molar-refractivity contribution in [3.63, 3.8) is 0 Å². The molecular formula is C15H23ClN2O3S2. The molecule has 1 aliphatic heterocycles. The smallest absolute Gasteiger partial charge is 0.252 e. The number of rotatable bonds is 6. The number of piperidine rings is 1. The van der Waals surface area contributed by atoms with E-state index in [1.807, 2.05) is 7.05 Å². The number of thiophene rings is 1. The van der Waals surface area contributed by atoms with E-state index in [2.05, 4.69) is 6.92 Å². The number of nitrogens with zero attached hydrogens (tertiary/aromatic N) is 2. The number of carbonyl (C=O) groups is 1. The van der Waals surface area contributed by atoms with Crippen molar-refractivity contribution in [1.82, 2.24) is 9.21 Å². The molecule has 130 valence electrons. The summed E-state index contributed by atoms with van der Waals surface area (Å²) >= 11 is 6.90. The molecule has 0 spiro atoms. The Morgan fingerprint density at radius 2 is 2.04 bits per heavy atom. The summed E-state index contributed by atoms with van der Waals surface area (Å²) in [5, 5.41) is 0. The second-order valence-corrected chi connectivity index (χ2v) is 9.73. The van der Waals surface area contributed by atoms with E-state index in [-0.39, 0.29) is 16.0 Å². The van der Waals surface area contributed by atoms with Crippen LogP contribution in [0.3, 0.4) is 0 Å². The number of halogens is 1. The molecule has 1 aromatic rings. The lowest BCUT2D eigenvalue weighted by Gasteiger charge is -2.32. The molecule has 0 aliphatic carbocycles. The molecular weight excluding hydrogens is 356 g/mol. The molecule has 1 fully saturated rings. The summed E-state index contributed by atoms with van der Waals surface area (Å²) in [6.07, 6.45) is 3.20. The molecule has 0 atom stereocenters. The van der Waals surface area contributed by atoms with E-state index in [0.29, 0.717) is 30.3 Å². The third kappa shape index (κ3) is 4.47. The van der Waals surface area contributed by atoms with E-state index >= 15 is 0 Å². The van der Waals surface area contributed by atoms with Crippen LogP contribution >= 0.6 is 22.9 Å². The number of unbranched alkanes of at least 4 members (excludes halogenated alkanes) is 1. The van der Waals surface area contributed by atoms with Gasteiger partial charge in [0.05, 0.1) is 4.34 Å². The van der Waals surface area contributed by atoms with Gasteiger partial charge in [0.1, 0.15) is 4.21 Å². The normalized spacial score (nSPS) is 17.3. The molecule has 0 bridgehead atoms. The van der Waals surface area contributed by atoms with Crippen LogP contribution in [0.5, 0.6) is 0 Å². The maximum atomic E-state index is 12.5. The quantitative estimate of drug-likeness (QED) is 0.764. The Kier molecular flexibility index (Phi) is 6.48. The Balaban J connectivity index is 1.94. The first-order valence-corrected chi connectivity index (χ1v) is 10.5. The second kappa shape index (κ2) is 7.96. The van der Waals surface area contributed by atoms with Gasteiger partial charge in [0.15, 0.2) is 0 Å². The number of carbonyl (C=O) groups excluding carboxylic acids is 1. The molecule has 23 heavy (non-hydrogen) atoms. The second-order valence-electron chi connectivity index (χ2n) is 5.85. The van der Waals surface area contributed by atoms with E-state index in [9.17, 15) is 13.2 Å². The highest BCUT2D eigenvalue weighted by Crippen LogP contribution is 2.30. The van der Waals surface area contributed by atoms with E-state index < -0.39 is 10.0 Å². The van der Waals surface area contributed by atoms with Crippen molar-refractivity contribution in [2.45, 2.75) is 36.8 Å². The maximum Gasteiger partial charge on any atom is 0.252 e. The summed E-state index contributed by atoms with van der Waals surface area (Å²) in [4.78, 5) is 14.2. The molecule has 1 saturated heterocycles. The van der Waals surface area contributed by atoms with Gasteiger partial charge in [0.25, 0.3) is 10.0 Å². The molecule has 0 N–H and O–H groups in total. The van der Waals surface area contributed by atoms with Crippen molar-refractivity contribution >= 4 is 38.9 Å². The SMILES string of the molecule is CCCCN(C)C(=O)C1CCN(S(=O)(=O)c2ccc(Cl)s2)CC1. The first kappa shape index (κ1) is 18.7. The maximum absolute atomic E-state index is 12.5. The molecule has 2 rings (SSSR count). The van der Waals surface area contributed by atoms with Gasteiger partial charge in [0.2, 0.25) is 5.91 Å². The van der Waals surface area contributed by atoms with Crippen molar-refractivity contribution in [3.8, 4) is 0 Å². The Morgan fingerprint density at radius 1 is 1.39 bits per heavy atom. The Morgan fingerprint density at radius 3 is 2.57 bits per heavy atom. The molecule has 0 saturated carbocycles. The highest BCUT2D eigenvalue weighted by molar-refractivity contribution is 7.91. The van der Waals surface area contributed by atoms with Gasteiger partial charge in [-0.25, -0.2) is 8.42 Å². The van der Waals surface area contributed by atoms with E-state index in [1.54, 1.807) is 11.0 Å². The van der Waals surface area contributed by atoms with Crippen molar-refractivity contribution in [1.29, 1.82) is 0 Å². The topological polar surface area (TPSA) is 57.7 Å². The molecule has 0 unspecified atom stereocenters. The summed E-state index contributed by atoms with van der Waals surface area (Å²) in [5.41, 5.74) is 0. The van der Waals surface area contributed by atoms with Crippen LogP contribution in [-0.4, -0.2) is 50.2 Å². The first-order chi connectivity index (χ1) is 10.9. The van der Waals surface area contributed by atoms with Crippen LogP contribution in [0.4, 0.5) is 0 Å². The van der Waals surface area contributed by atoms with Gasteiger partial charge in [-0.2, -0.15) is 4.31 Å². The van der Waals surface area contributed by atoms with E-state index in [0.717, 1.165) is 30.7 Å². The molecule has 0 radical (unpaired) electrons. The van der Waals surface area contributed by atoms with Crippen molar-refractivity contribution < 1.29 is 13.2 Å². The Labute approximate surface area is 147 Å². The largest absolute Gasteiger partial charge is 0.346 e. The third-order valence-corrected chi connectivity index (χ3v) is 7.77. The van der Waals surface area contributed by atoms with Gasteiger partial charge in [-0.15, -0.1) is 11.3 Å². The van der Waals surface area contributed by atoms with Crippen LogP contribution in [0.2, 0.25) is 4.34 Å². The molecule has 8 heteroatoms. The van der Waals surface area contributed by atoms with Crippen molar-refractivity contribution in [3.05, 3.63) is 16.5 Å². The average molecular weight is 379 g/mol. The van der Waals surface area contributed by atoms with E-state index in [1.165, 1.54) is 10.4 Å². The zero-order valence-corrected chi connectivity index (χ0v) is 15.9. The summed E-state index contributed by atoms with van der Waals surface area (Å²) in [5.74, 6) is 0.0601. The molecule has 0 aromatic carbocycles. The van der Waals surface area contributed by atoms with Gasteiger partial charge in [-0.05, 0) is 31.4 Å². The van der Waals surface area contributed by atoms with Crippen LogP contribution in [0, 0.1) is 5.92 Å². The number of amides is 1. The fourth-order valence-corrected chi connectivity index (χ4v) is 5.83. The lowest BCUT2D eigenvalue weighted by molar-refractivity contribution is -0.135. The van der Waals surface area contributed by atoms with Crippen LogP contribution in [0.1, 0.15) is 32.6 Å². The zero-order valence-electron chi connectivity index (χ0n) is 13.5. The molecule has 2 heterocycles. The summed E-state index contributed by atoms with van der Waals surface area (Å²) in [6.45, 7) is 3.63. The molecule has 1 aliphatic rings. The summed E-state index contributed by atoms with van der Waals surface area (Å²) in [7, 11) is -1.65. The van der Waals surface area contributed by atoms with Gasteiger partial charge in [-0.3, -0.25) is 4.79 Å². The number of hydrogen-bond donors (Lipinski definition) is 0. The minimum Gasteiger partial charge on any atom is -0.346 e. The van der Waals surface area contributed by atoms with Crippen molar-refractivity contribution in [2.75, 3.05) is 26.7 Å². The van der Waals surface area contributed by atoms with Crippen LogP contribution in [0.25, 0.3) is 0 Å². The summed E-state index contributed by atoms with van der Waals surface area (Å²) in [6, 6.07) is 3.14. The van der Waals surface area contributed by atoms with E-state index in [4.69, 9.17) is 11.6 Å². The number of sulfonamides is 1. The Hall–Kier alpha value is -0.630. The predicted molar refractivity (Wildman–Crippen MR) is 93.4 cm³/mol. The van der Waals surface area contributed by atoms with Crippen LogP contribution in [0.15, 0.2) is 16.3 Å². The zero-order chi connectivity index (χ0) is 17.0.